The van der Waals surface area contributed by atoms with Gasteiger partial charge < -0.3 is 20.1 Å². The van der Waals surface area contributed by atoms with Crippen molar-refractivity contribution in [2.24, 2.45) is 5.92 Å². The zero-order valence-corrected chi connectivity index (χ0v) is 19.6. The van der Waals surface area contributed by atoms with Gasteiger partial charge in [-0.3, -0.25) is 19.5 Å². The highest BCUT2D eigenvalue weighted by Crippen LogP contribution is 2.48. The number of amides is 3. The predicted molar refractivity (Wildman–Crippen MR) is 129 cm³/mol. The Kier molecular flexibility index (Phi) is 5.01. The normalized spacial score (nSPS) is 24.1. The van der Waals surface area contributed by atoms with Crippen LogP contribution in [0, 0.1) is 12.8 Å². The molecule has 1 aromatic carbocycles. The lowest BCUT2D eigenvalue weighted by Gasteiger charge is -2.36. The fourth-order valence-corrected chi connectivity index (χ4v) is 6.13. The average molecular weight is 473 g/mol. The molecule has 0 bridgehead atoms. The van der Waals surface area contributed by atoms with E-state index in [0.717, 1.165) is 35.3 Å². The van der Waals surface area contributed by atoms with Gasteiger partial charge in [-0.15, -0.1) is 0 Å². The molecule has 3 aliphatic rings. The Morgan fingerprint density at radius 2 is 1.91 bits per heavy atom. The largest absolute Gasteiger partial charge is 0.365 e. The molecule has 0 saturated carbocycles. The molecule has 2 unspecified atom stereocenters. The minimum atomic E-state index is -1.09. The van der Waals surface area contributed by atoms with Crippen LogP contribution < -0.4 is 5.32 Å². The molecule has 1 spiro atoms. The summed E-state index contributed by atoms with van der Waals surface area (Å²) in [4.78, 5) is 47.6. The molecule has 3 aromatic rings. The van der Waals surface area contributed by atoms with E-state index in [1.165, 1.54) is 0 Å². The van der Waals surface area contributed by atoms with Crippen LogP contribution in [0.1, 0.15) is 45.9 Å². The van der Waals surface area contributed by atoms with Crippen LogP contribution in [0.3, 0.4) is 0 Å². The maximum absolute atomic E-state index is 14.0. The van der Waals surface area contributed by atoms with Crippen LogP contribution in [0.2, 0.25) is 0 Å². The Balaban J connectivity index is 1.32. The van der Waals surface area contributed by atoms with Crippen molar-refractivity contribution in [3.05, 3.63) is 71.3 Å². The van der Waals surface area contributed by atoms with Crippen LogP contribution >= 0.6 is 0 Å². The number of anilines is 1. The number of nitrogens with one attached hydrogen (secondary N) is 3. The molecule has 0 aliphatic carbocycles. The first-order valence-corrected chi connectivity index (χ1v) is 12.1. The van der Waals surface area contributed by atoms with E-state index in [1.807, 2.05) is 48.5 Å². The molecule has 3 N–H and O–H groups in total. The van der Waals surface area contributed by atoms with Crippen molar-refractivity contribution in [2.75, 3.05) is 31.5 Å². The molecule has 9 nitrogen and oxygen atoms in total. The van der Waals surface area contributed by atoms with Gasteiger partial charge in [-0.1, -0.05) is 18.2 Å². The molecule has 5 heterocycles. The second-order valence-corrected chi connectivity index (χ2v) is 9.86. The molecule has 3 aliphatic heterocycles. The number of H-pyrrole nitrogens is 2. The molecule has 3 amide bonds. The number of para-hydroxylation sites is 1. The summed E-state index contributed by atoms with van der Waals surface area (Å²) in [5, 5.41) is 9.91. The molecule has 2 aromatic heterocycles. The first-order chi connectivity index (χ1) is 17.0. The molecule has 35 heavy (non-hydrogen) atoms. The topological polar surface area (TPSA) is 114 Å². The van der Waals surface area contributed by atoms with Gasteiger partial charge in [-0.2, -0.15) is 5.10 Å². The van der Waals surface area contributed by atoms with Crippen LogP contribution in [-0.4, -0.2) is 68.9 Å². The number of rotatable bonds is 3. The van der Waals surface area contributed by atoms with Gasteiger partial charge in [0.1, 0.15) is 5.41 Å². The highest BCUT2D eigenvalue weighted by molar-refractivity contribution is 6.10. The minimum absolute atomic E-state index is 0.0522. The number of hydrogen-bond acceptors (Lipinski definition) is 4. The summed E-state index contributed by atoms with van der Waals surface area (Å²) in [5.74, 6) is -0.690. The zero-order valence-electron chi connectivity index (χ0n) is 19.6. The van der Waals surface area contributed by atoms with E-state index in [9.17, 15) is 14.4 Å². The number of carbonyl (C=O) groups is 3. The van der Waals surface area contributed by atoms with Crippen LogP contribution in [0.4, 0.5) is 5.69 Å². The monoisotopic (exact) mass is 472 g/mol. The molecule has 0 radical (unpaired) electrons. The number of piperidine rings is 1. The SMILES string of the molecule is Cc1[nH]ccc1C(=O)N1CC(C(=O)N2CCC(c3cn[nH]c3)CC2)C2(C1)C(=O)Nc1ccccc12. The molecule has 9 heteroatoms. The highest BCUT2D eigenvalue weighted by Gasteiger charge is 2.61. The Labute approximate surface area is 202 Å². The number of carbonyl (C=O) groups excluding carboxylic acids is 3. The zero-order chi connectivity index (χ0) is 24.2. The third-order valence-electron chi connectivity index (χ3n) is 8.07. The van der Waals surface area contributed by atoms with Crippen molar-refractivity contribution in [1.82, 2.24) is 25.0 Å². The summed E-state index contributed by atoms with van der Waals surface area (Å²) in [5.41, 5.74) is 2.95. The molecular formula is C26H28N6O3. The van der Waals surface area contributed by atoms with Crippen molar-refractivity contribution in [1.29, 1.82) is 0 Å². The maximum Gasteiger partial charge on any atom is 0.255 e. The minimum Gasteiger partial charge on any atom is -0.365 e. The van der Waals surface area contributed by atoms with Crippen molar-refractivity contribution < 1.29 is 14.4 Å². The van der Waals surface area contributed by atoms with E-state index in [4.69, 9.17) is 0 Å². The van der Waals surface area contributed by atoms with Gasteiger partial charge in [0.05, 0.1) is 17.7 Å². The lowest BCUT2D eigenvalue weighted by Crippen LogP contribution is -2.51. The van der Waals surface area contributed by atoms with Crippen molar-refractivity contribution in [2.45, 2.75) is 31.1 Å². The van der Waals surface area contributed by atoms with E-state index in [-0.39, 0.29) is 30.8 Å². The number of likely N-dealkylation sites (tertiary alicyclic amines) is 2. The smallest absolute Gasteiger partial charge is 0.255 e. The van der Waals surface area contributed by atoms with Crippen LogP contribution in [0.5, 0.6) is 0 Å². The van der Waals surface area contributed by atoms with Crippen molar-refractivity contribution in [3.8, 4) is 0 Å². The summed E-state index contributed by atoms with van der Waals surface area (Å²) in [6, 6.07) is 9.29. The Morgan fingerprint density at radius 1 is 1.11 bits per heavy atom. The van der Waals surface area contributed by atoms with E-state index < -0.39 is 11.3 Å². The Bertz CT molecular complexity index is 1290. The summed E-state index contributed by atoms with van der Waals surface area (Å²) in [6.45, 7) is 3.49. The number of nitrogens with zero attached hydrogens (tertiary/aromatic N) is 3. The third kappa shape index (κ3) is 3.29. The van der Waals surface area contributed by atoms with Gasteiger partial charge >= 0.3 is 0 Å². The number of aromatic nitrogens is 3. The number of aromatic amines is 2. The first kappa shape index (κ1) is 21.6. The van der Waals surface area contributed by atoms with Gasteiger partial charge in [0.15, 0.2) is 0 Å². The lowest BCUT2D eigenvalue weighted by molar-refractivity contribution is -0.140. The van der Waals surface area contributed by atoms with Crippen molar-refractivity contribution in [3.63, 3.8) is 0 Å². The van der Waals surface area contributed by atoms with Gasteiger partial charge in [-0.25, -0.2) is 0 Å². The van der Waals surface area contributed by atoms with E-state index in [0.29, 0.717) is 24.6 Å². The summed E-state index contributed by atoms with van der Waals surface area (Å²) in [7, 11) is 0. The van der Waals surface area contributed by atoms with Gasteiger partial charge in [0, 0.05) is 50.0 Å². The van der Waals surface area contributed by atoms with Gasteiger partial charge in [0.2, 0.25) is 11.8 Å². The molecular weight excluding hydrogens is 444 g/mol. The van der Waals surface area contributed by atoms with Crippen LogP contribution in [0.25, 0.3) is 0 Å². The summed E-state index contributed by atoms with van der Waals surface area (Å²) in [6.07, 6.45) is 7.19. The number of aryl methyl sites for hydroxylation is 1. The molecule has 2 fully saturated rings. The Morgan fingerprint density at radius 3 is 2.63 bits per heavy atom. The quantitative estimate of drug-likeness (QED) is 0.543. The summed E-state index contributed by atoms with van der Waals surface area (Å²) < 4.78 is 0. The number of fused-ring (bicyclic) bond motifs is 2. The second-order valence-electron chi connectivity index (χ2n) is 9.86. The molecule has 2 saturated heterocycles. The Hall–Kier alpha value is -3.88. The molecule has 6 rings (SSSR count). The van der Waals surface area contributed by atoms with E-state index >= 15 is 0 Å². The number of hydrogen-bond donors (Lipinski definition) is 3. The van der Waals surface area contributed by atoms with Crippen LogP contribution in [-0.2, 0) is 15.0 Å². The summed E-state index contributed by atoms with van der Waals surface area (Å²) >= 11 is 0. The second kappa shape index (κ2) is 8.11. The predicted octanol–water partition coefficient (Wildman–Crippen LogP) is 2.41. The van der Waals surface area contributed by atoms with Gasteiger partial charge in [-0.05, 0) is 48.9 Å². The van der Waals surface area contributed by atoms with Crippen molar-refractivity contribution >= 4 is 23.4 Å². The standard InChI is InChI=1S/C26H28N6O3/c1-16-19(6-9-27-16)23(33)32-14-21(26(15-32)20-4-2-3-5-22(20)30-25(26)35)24(34)31-10-7-17(8-11-31)18-12-28-29-13-18/h2-6,9,12-13,17,21,27H,7-8,10-11,14-15H2,1H3,(H,28,29)(H,30,35). The van der Waals surface area contributed by atoms with E-state index in [1.54, 1.807) is 17.2 Å². The fraction of sp³-hybridized carbons (Fsp3) is 0.385. The molecule has 2 atom stereocenters. The third-order valence-corrected chi connectivity index (χ3v) is 8.07. The fourth-order valence-electron chi connectivity index (χ4n) is 6.13. The van der Waals surface area contributed by atoms with Gasteiger partial charge in [0.25, 0.3) is 5.91 Å². The maximum atomic E-state index is 14.0. The van der Waals surface area contributed by atoms with Crippen LogP contribution in [0.15, 0.2) is 48.9 Å². The highest BCUT2D eigenvalue weighted by atomic mass is 16.2. The number of benzene rings is 1. The first-order valence-electron chi connectivity index (χ1n) is 12.1. The van der Waals surface area contributed by atoms with E-state index in [2.05, 4.69) is 20.5 Å². The molecule has 180 valence electrons. The lowest BCUT2D eigenvalue weighted by atomic mass is 9.72. The average Bonchev–Trinajstić information content (AvgIpc) is 3.67.